The standard InChI is InChI=1S/C24H25ClN2O6S/c1-4-22(33-19-7-5-6-16(25)14-19)24(28)26-17-8-11-20(12-9-17)34(29,30)27-21-15-18(31-2)10-13-23(21)32-3/h5-15,22,27H,4H2,1-3H3,(H,26,28)/t22-/m0/s1. The lowest BCUT2D eigenvalue weighted by Crippen LogP contribution is -2.32. The summed E-state index contributed by atoms with van der Waals surface area (Å²) in [5, 5.41) is 3.25. The molecular formula is C24H25ClN2O6S. The number of benzene rings is 3. The number of methoxy groups -OCH3 is 2. The molecule has 0 radical (unpaired) electrons. The third kappa shape index (κ3) is 6.33. The van der Waals surface area contributed by atoms with Gasteiger partial charge in [0, 0.05) is 16.8 Å². The smallest absolute Gasteiger partial charge is 0.265 e. The number of anilines is 2. The van der Waals surface area contributed by atoms with Crippen molar-refractivity contribution in [2.24, 2.45) is 0 Å². The van der Waals surface area contributed by atoms with Gasteiger partial charge in [-0.2, -0.15) is 0 Å². The molecule has 180 valence electrons. The molecule has 0 bridgehead atoms. The summed E-state index contributed by atoms with van der Waals surface area (Å²) >= 11 is 5.97. The third-order valence-corrected chi connectivity index (χ3v) is 6.44. The highest BCUT2D eigenvalue weighted by Gasteiger charge is 2.20. The average Bonchev–Trinajstić information content (AvgIpc) is 2.82. The van der Waals surface area contributed by atoms with E-state index in [0.29, 0.717) is 34.4 Å². The maximum Gasteiger partial charge on any atom is 0.265 e. The van der Waals surface area contributed by atoms with Gasteiger partial charge in [0.25, 0.3) is 15.9 Å². The number of hydrogen-bond acceptors (Lipinski definition) is 6. The SMILES string of the molecule is CC[C@H](Oc1cccc(Cl)c1)C(=O)Nc1ccc(S(=O)(=O)Nc2cc(OC)ccc2OC)cc1. The molecule has 0 spiro atoms. The van der Waals surface area contributed by atoms with Gasteiger partial charge in [-0.15, -0.1) is 0 Å². The van der Waals surface area contributed by atoms with E-state index < -0.39 is 16.1 Å². The number of carbonyl (C=O) groups is 1. The maximum absolute atomic E-state index is 12.9. The van der Waals surface area contributed by atoms with Crippen LogP contribution in [0.4, 0.5) is 11.4 Å². The Labute approximate surface area is 203 Å². The van der Waals surface area contributed by atoms with Crippen LogP contribution >= 0.6 is 11.6 Å². The molecule has 0 unspecified atom stereocenters. The first-order valence-corrected chi connectivity index (χ1v) is 12.2. The van der Waals surface area contributed by atoms with Gasteiger partial charge in [0.05, 0.1) is 24.8 Å². The van der Waals surface area contributed by atoms with Crippen LogP contribution in [0.15, 0.2) is 71.6 Å². The second kappa shape index (κ2) is 11.1. The van der Waals surface area contributed by atoms with Gasteiger partial charge in [-0.25, -0.2) is 8.42 Å². The zero-order valence-corrected chi connectivity index (χ0v) is 20.4. The molecule has 3 rings (SSSR count). The number of halogens is 1. The molecule has 8 nitrogen and oxygen atoms in total. The summed E-state index contributed by atoms with van der Waals surface area (Å²) in [4.78, 5) is 12.7. The molecule has 34 heavy (non-hydrogen) atoms. The van der Waals surface area contributed by atoms with Crippen molar-refractivity contribution in [1.82, 2.24) is 0 Å². The van der Waals surface area contributed by atoms with E-state index in [1.165, 1.54) is 44.6 Å². The largest absolute Gasteiger partial charge is 0.497 e. The molecule has 0 aliphatic heterocycles. The number of hydrogen-bond donors (Lipinski definition) is 2. The molecule has 10 heteroatoms. The molecule has 0 aromatic heterocycles. The Morgan fingerprint density at radius 1 is 0.971 bits per heavy atom. The zero-order chi connectivity index (χ0) is 24.7. The van der Waals surface area contributed by atoms with E-state index in [4.69, 9.17) is 25.8 Å². The van der Waals surface area contributed by atoms with E-state index in [1.807, 2.05) is 6.92 Å². The normalized spacial score (nSPS) is 11.9. The molecule has 3 aromatic rings. The van der Waals surface area contributed by atoms with Gasteiger partial charge in [-0.1, -0.05) is 24.6 Å². The molecule has 3 aromatic carbocycles. The first kappa shape index (κ1) is 25.2. The number of sulfonamides is 1. The Hall–Kier alpha value is -3.43. The van der Waals surface area contributed by atoms with E-state index in [0.717, 1.165) is 0 Å². The molecule has 0 saturated heterocycles. The molecule has 0 aliphatic carbocycles. The van der Waals surface area contributed by atoms with Gasteiger partial charge in [-0.05, 0) is 61.0 Å². The van der Waals surface area contributed by atoms with Crippen molar-refractivity contribution in [2.45, 2.75) is 24.3 Å². The number of nitrogens with one attached hydrogen (secondary N) is 2. The highest BCUT2D eigenvalue weighted by Crippen LogP contribution is 2.31. The number of amides is 1. The van der Waals surface area contributed by atoms with Crippen LogP contribution in [0.1, 0.15) is 13.3 Å². The van der Waals surface area contributed by atoms with Gasteiger partial charge in [-0.3, -0.25) is 9.52 Å². The van der Waals surface area contributed by atoms with Crippen molar-refractivity contribution >= 4 is 38.9 Å². The van der Waals surface area contributed by atoms with Crippen molar-refractivity contribution in [1.29, 1.82) is 0 Å². The molecule has 0 saturated carbocycles. The summed E-state index contributed by atoms with van der Waals surface area (Å²) in [6.07, 6.45) is -0.319. The van der Waals surface area contributed by atoms with Gasteiger partial charge < -0.3 is 19.5 Å². The predicted molar refractivity (Wildman–Crippen MR) is 132 cm³/mol. The summed E-state index contributed by atoms with van der Waals surface area (Å²) in [6.45, 7) is 1.82. The van der Waals surface area contributed by atoms with Crippen molar-refractivity contribution in [3.05, 3.63) is 71.8 Å². The van der Waals surface area contributed by atoms with Crippen LogP contribution in [0.25, 0.3) is 0 Å². The van der Waals surface area contributed by atoms with E-state index in [9.17, 15) is 13.2 Å². The molecule has 0 heterocycles. The fourth-order valence-corrected chi connectivity index (χ4v) is 4.31. The van der Waals surface area contributed by atoms with E-state index in [2.05, 4.69) is 10.0 Å². The van der Waals surface area contributed by atoms with Crippen LogP contribution in [0, 0.1) is 0 Å². The topological polar surface area (TPSA) is 103 Å². The first-order chi connectivity index (χ1) is 16.2. The lowest BCUT2D eigenvalue weighted by molar-refractivity contribution is -0.122. The first-order valence-electron chi connectivity index (χ1n) is 10.3. The molecule has 2 N–H and O–H groups in total. The number of ether oxygens (including phenoxy) is 3. The van der Waals surface area contributed by atoms with Gasteiger partial charge in [0.2, 0.25) is 0 Å². The van der Waals surface area contributed by atoms with Crippen LogP contribution < -0.4 is 24.2 Å². The van der Waals surface area contributed by atoms with Crippen molar-refractivity contribution in [3.8, 4) is 17.2 Å². The molecule has 1 amide bonds. The number of rotatable bonds is 10. The Morgan fingerprint density at radius 3 is 2.32 bits per heavy atom. The maximum atomic E-state index is 12.9. The third-order valence-electron chi connectivity index (χ3n) is 4.82. The Balaban J connectivity index is 1.71. The summed E-state index contributed by atoms with van der Waals surface area (Å²) in [5.74, 6) is 0.938. The summed E-state index contributed by atoms with van der Waals surface area (Å²) in [7, 11) is -0.994. The molecule has 0 fully saturated rings. The average molecular weight is 505 g/mol. The summed E-state index contributed by atoms with van der Waals surface area (Å²) in [5.41, 5.74) is 0.666. The zero-order valence-electron chi connectivity index (χ0n) is 18.9. The summed E-state index contributed by atoms with van der Waals surface area (Å²) < 4.78 is 44.3. The van der Waals surface area contributed by atoms with Crippen LogP contribution in [0.2, 0.25) is 5.02 Å². The molecule has 1 atom stereocenters. The van der Waals surface area contributed by atoms with Gasteiger partial charge >= 0.3 is 0 Å². The van der Waals surface area contributed by atoms with E-state index in [-0.39, 0.29) is 16.5 Å². The monoisotopic (exact) mass is 504 g/mol. The molecule has 0 aliphatic rings. The number of carbonyl (C=O) groups excluding carboxylic acids is 1. The van der Waals surface area contributed by atoms with Crippen LogP contribution in [0.3, 0.4) is 0 Å². The van der Waals surface area contributed by atoms with Crippen molar-refractivity contribution in [3.63, 3.8) is 0 Å². The second-order valence-corrected chi connectivity index (χ2v) is 9.28. The minimum Gasteiger partial charge on any atom is -0.497 e. The van der Waals surface area contributed by atoms with Gasteiger partial charge in [0.15, 0.2) is 6.10 Å². The fourth-order valence-electron chi connectivity index (χ4n) is 3.06. The van der Waals surface area contributed by atoms with Crippen molar-refractivity contribution in [2.75, 3.05) is 24.3 Å². The second-order valence-electron chi connectivity index (χ2n) is 7.16. The lowest BCUT2D eigenvalue weighted by Gasteiger charge is -2.17. The van der Waals surface area contributed by atoms with E-state index in [1.54, 1.807) is 36.4 Å². The highest BCUT2D eigenvalue weighted by molar-refractivity contribution is 7.92. The van der Waals surface area contributed by atoms with Crippen LogP contribution in [-0.4, -0.2) is 34.6 Å². The highest BCUT2D eigenvalue weighted by atomic mass is 35.5. The Bertz CT molecular complexity index is 1250. The van der Waals surface area contributed by atoms with Crippen LogP contribution in [0.5, 0.6) is 17.2 Å². The Kier molecular flexibility index (Phi) is 8.25. The van der Waals surface area contributed by atoms with Crippen LogP contribution in [-0.2, 0) is 14.8 Å². The predicted octanol–water partition coefficient (Wildman–Crippen LogP) is 4.95. The quantitative estimate of drug-likeness (QED) is 0.405. The fraction of sp³-hybridized carbons (Fsp3) is 0.208. The van der Waals surface area contributed by atoms with E-state index >= 15 is 0 Å². The Morgan fingerprint density at radius 2 is 1.71 bits per heavy atom. The summed E-state index contributed by atoms with van der Waals surface area (Å²) in [6, 6.07) is 17.4. The minimum atomic E-state index is -3.92. The van der Waals surface area contributed by atoms with Crippen molar-refractivity contribution < 1.29 is 27.4 Å². The van der Waals surface area contributed by atoms with Gasteiger partial charge in [0.1, 0.15) is 17.2 Å². The lowest BCUT2D eigenvalue weighted by atomic mass is 10.2. The molecular weight excluding hydrogens is 480 g/mol. The minimum absolute atomic E-state index is 0.0117.